The Bertz CT molecular complexity index is 2620. The number of nitrogens with one attached hydrogen (secondary N) is 4. The molecule has 0 saturated carbocycles. The minimum absolute atomic E-state index is 0.00605. The lowest BCUT2D eigenvalue weighted by Crippen LogP contribution is -2.57. The number of aliphatic hydroxyl groups is 1. The Kier molecular flexibility index (Phi) is 15.7. The van der Waals surface area contributed by atoms with Gasteiger partial charge in [0.1, 0.15) is 23.5 Å². The summed E-state index contributed by atoms with van der Waals surface area (Å²) in [5, 5.41) is 23.0. The third kappa shape index (κ3) is 12.1. The quantitative estimate of drug-likeness (QED) is 0.0734. The van der Waals surface area contributed by atoms with Gasteiger partial charge in [-0.3, -0.25) is 28.4 Å². The maximum Gasteiger partial charge on any atom is 0.259 e. The van der Waals surface area contributed by atoms with Crippen LogP contribution in [0.15, 0.2) is 77.2 Å². The Labute approximate surface area is 395 Å². The molecule has 356 valence electrons. The number of nitrogens with zero attached hydrogens (tertiary/aromatic N) is 5. The van der Waals surface area contributed by atoms with Crippen molar-refractivity contribution in [2.45, 2.75) is 104 Å². The summed E-state index contributed by atoms with van der Waals surface area (Å²) >= 11 is 1.57. The van der Waals surface area contributed by atoms with E-state index in [0.717, 1.165) is 32.8 Å². The highest BCUT2D eigenvalue weighted by molar-refractivity contribution is 7.13. The summed E-state index contributed by atoms with van der Waals surface area (Å²) in [4.78, 5) is 81.5. The fourth-order valence-corrected chi connectivity index (χ4v) is 9.46. The van der Waals surface area contributed by atoms with E-state index < -0.39 is 29.5 Å². The highest BCUT2D eigenvalue weighted by atomic mass is 32.1. The zero-order chi connectivity index (χ0) is 47.8. The van der Waals surface area contributed by atoms with Crippen LogP contribution in [0.3, 0.4) is 0 Å². The number of aryl methyl sites for hydroxylation is 2. The highest BCUT2D eigenvalue weighted by Crippen LogP contribution is 2.30. The van der Waals surface area contributed by atoms with E-state index in [1.54, 1.807) is 34.1 Å². The molecule has 2 saturated heterocycles. The predicted octanol–water partition coefficient (Wildman–Crippen LogP) is 5.54. The molecule has 5 heterocycles. The number of aliphatic hydroxyl groups excluding tert-OH is 1. The summed E-state index contributed by atoms with van der Waals surface area (Å²) in [6, 6.07) is 16.6. The lowest BCUT2D eigenvalue weighted by molar-refractivity contribution is -0.144. The van der Waals surface area contributed by atoms with Gasteiger partial charge in [0.15, 0.2) is 0 Å². The van der Waals surface area contributed by atoms with Gasteiger partial charge in [-0.25, -0.2) is 9.97 Å². The van der Waals surface area contributed by atoms with Crippen LogP contribution in [0.4, 0.5) is 11.5 Å². The van der Waals surface area contributed by atoms with Crippen LogP contribution in [0.2, 0.25) is 0 Å². The Balaban J connectivity index is 0.883. The maximum absolute atomic E-state index is 14.1. The lowest BCUT2D eigenvalue weighted by Gasteiger charge is -2.35. The number of anilines is 2. The van der Waals surface area contributed by atoms with E-state index in [4.69, 9.17) is 9.72 Å². The number of likely N-dealkylation sites (tertiary alicyclic amines) is 1. The fraction of sp³-hybridized carbons (Fsp3) is 0.460. The van der Waals surface area contributed by atoms with Gasteiger partial charge in [0.25, 0.3) is 11.5 Å². The van der Waals surface area contributed by atoms with Gasteiger partial charge in [-0.15, -0.1) is 11.3 Å². The van der Waals surface area contributed by atoms with E-state index in [0.29, 0.717) is 74.8 Å². The van der Waals surface area contributed by atoms with Gasteiger partial charge in [0.2, 0.25) is 17.7 Å². The molecule has 0 spiro atoms. The van der Waals surface area contributed by atoms with E-state index in [1.807, 2.05) is 95.6 Å². The molecule has 3 aromatic heterocycles. The second kappa shape index (κ2) is 21.6. The van der Waals surface area contributed by atoms with Gasteiger partial charge in [-0.2, -0.15) is 0 Å². The molecule has 1 unspecified atom stereocenters. The van der Waals surface area contributed by atoms with Crippen molar-refractivity contribution in [3.63, 3.8) is 0 Å². The molecule has 4 atom stereocenters. The number of β-amino-alcohol motifs (C(OH)–C–C–N with tert-alkyl or cyclic N) is 1. The second-order valence-electron chi connectivity index (χ2n) is 18.6. The van der Waals surface area contributed by atoms with Crippen LogP contribution in [0.5, 0.6) is 0 Å². The minimum Gasteiger partial charge on any atom is -0.391 e. The van der Waals surface area contributed by atoms with Crippen molar-refractivity contribution in [3.05, 3.63) is 111 Å². The molecular formula is C50H63N9O7S. The van der Waals surface area contributed by atoms with Gasteiger partial charge < -0.3 is 40.9 Å². The number of carbonyl (C=O) groups is 4. The fourth-order valence-electron chi connectivity index (χ4n) is 8.65. The Morgan fingerprint density at radius 1 is 0.970 bits per heavy atom. The molecule has 67 heavy (non-hydrogen) atoms. The van der Waals surface area contributed by atoms with Crippen LogP contribution in [-0.4, -0.2) is 106 Å². The van der Waals surface area contributed by atoms with E-state index in [9.17, 15) is 29.1 Å². The first kappa shape index (κ1) is 48.8. The Morgan fingerprint density at radius 3 is 2.43 bits per heavy atom. The van der Waals surface area contributed by atoms with Crippen LogP contribution in [-0.2, 0) is 25.7 Å². The van der Waals surface area contributed by atoms with Crippen molar-refractivity contribution in [2.24, 2.45) is 5.41 Å². The molecule has 0 radical (unpaired) electrons. The van der Waals surface area contributed by atoms with Crippen molar-refractivity contribution in [1.29, 1.82) is 0 Å². The standard InChI is InChI=1S/C50H63N9O7S/c1-31-24-38(46-55-41(26-43(62)59(46)28-31)57-20-22-66-23-21-57)32(2)54-39-13-10-9-12-37(39)47(63)51-19-11-7-8-14-42(61)56-45(50(4,5)6)49(65)58-29-36(60)25-40(58)48(64)52-27-34-15-17-35(18-16-34)44-33(3)53-30-67-44/h9-10,12-13,15-18,24,26,28,30,32,36,40,45,54,60H,7-8,11,14,19-23,25,27,29H2,1-6H3,(H,51,63)(H,52,64)(H,56,61)/t32?,36-,40+,45-/m1/s1. The normalized spacial score (nSPS) is 17.2. The highest BCUT2D eigenvalue weighted by Gasteiger charge is 2.44. The number of carbonyl (C=O) groups excluding carboxylic acids is 4. The number of fused-ring (bicyclic) bond motifs is 1. The third-order valence-electron chi connectivity index (χ3n) is 12.3. The molecular weight excluding hydrogens is 871 g/mol. The SMILES string of the molecule is Cc1cc(C(C)Nc2ccccc2C(=O)NCCCCCC(=O)N[C@H](C(=O)N2C[C@H](O)C[C@H]2C(=O)NCc2ccc(-c3scnc3C)cc2)C(C)(C)C)c2nc(N3CCOCC3)cc(=O)n2c1. The summed E-state index contributed by atoms with van der Waals surface area (Å²) in [7, 11) is 0. The van der Waals surface area contributed by atoms with Gasteiger partial charge in [0, 0.05) is 69.1 Å². The number of unbranched alkanes of at least 4 members (excludes halogenated alkanes) is 2. The zero-order valence-electron chi connectivity index (χ0n) is 39.3. The van der Waals surface area contributed by atoms with Crippen molar-refractivity contribution in [2.75, 3.05) is 49.6 Å². The number of thiazole rings is 1. The Hall–Kier alpha value is -6.17. The average Bonchev–Trinajstić information content (AvgIpc) is 3.93. The number of benzene rings is 2. The number of amides is 4. The number of ether oxygens (including phenoxy) is 1. The van der Waals surface area contributed by atoms with Crippen LogP contribution in [0.1, 0.15) is 98.6 Å². The molecule has 2 aromatic carbocycles. The van der Waals surface area contributed by atoms with Gasteiger partial charge in [-0.1, -0.05) is 63.6 Å². The topological polar surface area (TPSA) is 200 Å². The first-order valence-corrected chi connectivity index (χ1v) is 24.0. The van der Waals surface area contributed by atoms with Crippen molar-refractivity contribution >= 4 is 52.1 Å². The Morgan fingerprint density at radius 2 is 1.72 bits per heavy atom. The number of para-hydroxylation sites is 1. The third-order valence-corrected chi connectivity index (χ3v) is 13.3. The van der Waals surface area contributed by atoms with Crippen LogP contribution >= 0.6 is 11.3 Å². The van der Waals surface area contributed by atoms with Crippen molar-refractivity contribution in [1.82, 2.24) is 35.2 Å². The molecule has 2 aliphatic heterocycles. The first-order chi connectivity index (χ1) is 32.1. The molecule has 7 rings (SSSR count). The molecule has 17 heteroatoms. The van der Waals surface area contributed by atoms with Gasteiger partial charge >= 0.3 is 0 Å². The number of hydrogen-bond acceptors (Lipinski definition) is 12. The number of aromatic nitrogens is 3. The number of morpholine rings is 1. The van der Waals surface area contributed by atoms with Crippen molar-refractivity contribution < 1.29 is 29.0 Å². The zero-order valence-corrected chi connectivity index (χ0v) is 40.1. The van der Waals surface area contributed by atoms with Crippen LogP contribution in [0, 0.1) is 19.3 Å². The predicted molar refractivity (Wildman–Crippen MR) is 260 cm³/mol. The number of rotatable bonds is 17. The van der Waals surface area contributed by atoms with Gasteiger partial charge in [0.05, 0.1) is 47.0 Å². The molecule has 2 fully saturated rings. The molecule has 4 amide bonds. The summed E-state index contributed by atoms with van der Waals surface area (Å²) in [6.07, 6.45) is 3.03. The van der Waals surface area contributed by atoms with E-state index >= 15 is 0 Å². The molecule has 16 nitrogen and oxygen atoms in total. The number of hydrogen-bond donors (Lipinski definition) is 5. The smallest absolute Gasteiger partial charge is 0.259 e. The summed E-state index contributed by atoms with van der Waals surface area (Å²) in [6.45, 7) is 14.6. The molecule has 0 aliphatic carbocycles. The minimum atomic E-state index is -0.921. The summed E-state index contributed by atoms with van der Waals surface area (Å²) in [5.41, 5.74) is 7.26. The molecule has 2 aliphatic rings. The van der Waals surface area contributed by atoms with Crippen LogP contribution in [0.25, 0.3) is 16.1 Å². The van der Waals surface area contributed by atoms with E-state index in [2.05, 4.69) is 31.2 Å². The molecule has 0 bridgehead atoms. The monoisotopic (exact) mass is 933 g/mol. The van der Waals surface area contributed by atoms with Gasteiger partial charge in [-0.05, 0) is 73.9 Å². The maximum atomic E-state index is 14.1. The molecule has 5 aromatic rings. The molecule has 5 N–H and O–H groups in total. The number of pyridine rings is 1. The second-order valence-corrected chi connectivity index (χ2v) is 19.5. The van der Waals surface area contributed by atoms with Crippen molar-refractivity contribution in [3.8, 4) is 10.4 Å². The summed E-state index contributed by atoms with van der Waals surface area (Å²) < 4.78 is 7.07. The van der Waals surface area contributed by atoms with E-state index in [-0.39, 0.29) is 55.3 Å². The van der Waals surface area contributed by atoms with Crippen LogP contribution < -0.4 is 31.7 Å². The lowest BCUT2D eigenvalue weighted by atomic mass is 9.85. The summed E-state index contributed by atoms with van der Waals surface area (Å²) in [5.74, 6) is -0.691. The first-order valence-electron chi connectivity index (χ1n) is 23.1. The van der Waals surface area contributed by atoms with E-state index in [1.165, 1.54) is 4.90 Å². The average molecular weight is 934 g/mol. The largest absolute Gasteiger partial charge is 0.391 e.